The van der Waals surface area contributed by atoms with Gasteiger partial charge in [0.15, 0.2) is 0 Å². The molecule has 0 radical (unpaired) electrons. The fourth-order valence-corrected chi connectivity index (χ4v) is 2.20. The summed E-state index contributed by atoms with van der Waals surface area (Å²) in [6, 6.07) is 13.5. The molecule has 0 unspecified atom stereocenters. The first kappa shape index (κ1) is 16.4. The lowest BCUT2D eigenvalue weighted by molar-refractivity contribution is 1.14. The molecule has 0 bridgehead atoms. The third-order valence-electron chi connectivity index (χ3n) is 2.72. The molecule has 0 aromatic heterocycles. The fraction of sp³-hybridized carbons (Fsp3) is 0.250. The van der Waals surface area contributed by atoms with Gasteiger partial charge < -0.3 is 0 Å². The van der Waals surface area contributed by atoms with Crippen LogP contribution < -0.4 is 0 Å². The summed E-state index contributed by atoms with van der Waals surface area (Å²) in [4.78, 5) is 0. The third kappa shape index (κ3) is 5.86. The zero-order valence-electron chi connectivity index (χ0n) is 11.1. The minimum Gasteiger partial charge on any atom is -0.0843 e. The molecule has 0 aliphatic carbocycles. The van der Waals surface area contributed by atoms with Crippen LogP contribution in [0.2, 0.25) is 15.1 Å². The van der Waals surface area contributed by atoms with Crippen LogP contribution in [-0.4, -0.2) is 0 Å². The van der Waals surface area contributed by atoms with Crippen LogP contribution in [0.4, 0.5) is 0 Å². The molecular weight excluding hydrogens is 299 g/mol. The van der Waals surface area contributed by atoms with Gasteiger partial charge in [0, 0.05) is 15.1 Å². The molecule has 0 atom stereocenters. The summed E-state index contributed by atoms with van der Waals surface area (Å²) in [5, 5.41) is 2.27. The van der Waals surface area contributed by atoms with E-state index in [1.54, 1.807) is 6.07 Å². The second-order valence-electron chi connectivity index (χ2n) is 4.07. The number of halogens is 3. The number of rotatable bonds is 2. The van der Waals surface area contributed by atoms with Crippen molar-refractivity contribution in [2.24, 2.45) is 0 Å². The molecule has 2 rings (SSSR count). The lowest BCUT2D eigenvalue weighted by Gasteiger charge is -1.98. The van der Waals surface area contributed by atoms with Crippen molar-refractivity contribution >= 4 is 34.8 Å². The van der Waals surface area contributed by atoms with Crippen molar-refractivity contribution < 1.29 is 0 Å². The van der Waals surface area contributed by atoms with Crippen LogP contribution in [0.25, 0.3) is 0 Å². The topological polar surface area (TPSA) is 0 Å². The molecule has 0 heterocycles. The molecule has 19 heavy (non-hydrogen) atoms. The third-order valence-corrected chi connectivity index (χ3v) is 3.56. The first-order valence-electron chi connectivity index (χ1n) is 6.25. The van der Waals surface area contributed by atoms with E-state index < -0.39 is 0 Å². The second-order valence-corrected chi connectivity index (χ2v) is 5.35. The maximum absolute atomic E-state index is 5.85. The Morgan fingerprint density at radius 2 is 1.32 bits per heavy atom. The van der Waals surface area contributed by atoms with Gasteiger partial charge in [-0.25, -0.2) is 0 Å². The summed E-state index contributed by atoms with van der Waals surface area (Å²) in [7, 11) is 0. The number of aryl methyl sites for hydroxylation is 2. The maximum atomic E-state index is 5.85. The average molecular weight is 316 g/mol. The summed E-state index contributed by atoms with van der Waals surface area (Å²) in [5.41, 5.74) is 2.48. The van der Waals surface area contributed by atoms with Gasteiger partial charge in [-0.2, -0.15) is 0 Å². The van der Waals surface area contributed by atoms with E-state index in [-0.39, 0.29) is 0 Å². The Bertz CT molecular complexity index is 504. The van der Waals surface area contributed by atoms with Crippen LogP contribution in [0.15, 0.2) is 42.5 Å². The van der Waals surface area contributed by atoms with Gasteiger partial charge in [0.2, 0.25) is 0 Å². The molecule has 0 aliphatic rings. The van der Waals surface area contributed by atoms with Crippen molar-refractivity contribution in [1.29, 1.82) is 0 Å². The van der Waals surface area contributed by atoms with Gasteiger partial charge in [-0.15, -0.1) is 0 Å². The van der Waals surface area contributed by atoms with E-state index in [0.717, 1.165) is 28.5 Å². The van der Waals surface area contributed by atoms with E-state index in [1.807, 2.05) is 36.4 Å². The predicted octanol–water partition coefficient (Wildman–Crippen LogP) is 6.46. The normalized spacial score (nSPS) is 9.74. The van der Waals surface area contributed by atoms with Gasteiger partial charge in [-0.3, -0.25) is 0 Å². The number of hydrogen-bond acceptors (Lipinski definition) is 0. The molecule has 0 aliphatic heterocycles. The Morgan fingerprint density at radius 3 is 1.79 bits per heavy atom. The van der Waals surface area contributed by atoms with Crippen LogP contribution in [0.5, 0.6) is 0 Å². The molecule has 0 spiro atoms. The van der Waals surface area contributed by atoms with E-state index in [4.69, 9.17) is 34.8 Å². The Labute approximate surface area is 130 Å². The monoisotopic (exact) mass is 314 g/mol. The second kappa shape index (κ2) is 8.47. The summed E-state index contributed by atoms with van der Waals surface area (Å²) in [5.74, 6) is 0. The van der Waals surface area contributed by atoms with Gasteiger partial charge in [0.05, 0.1) is 0 Å². The molecule has 0 nitrogen and oxygen atoms in total. The Balaban J connectivity index is 0.000000191. The smallest absolute Gasteiger partial charge is 0.0452 e. The summed E-state index contributed by atoms with van der Waals surface area (Å²) < 4.78 is 0. The van der Waals surface area contributed by atoms with Crippen molar-refractivity contribution in [3.05, 3.63) is 68.7 Å². The molecule has 2 aromatic rings. The van der Waals surface area contributed by atoms with Gasteiger partial charge >= 0.3 is 0 Å². The van der Waals surface area contributed by atoms with Crippen LogP contribution in [0.1, 0.15) is 25.0 Å². The molecule has 102 valence electrons. The highest BCUT2D eigenvalue weighted by Gasteiger charge is 1.96. The molecule has 3 heteroatoms. The maximum Gasteiger partial charge on any atom is 0.0452 e. The average Bonchev–Trinajstić information content (AvgIpc) is 2.40. The van der Waals surface area contributed by atoms with E-state index in [9.17, 15) is 0 Å². The Kier molecular flexibility index (Phi) is 7.30. The van der Waals surface area contributed by atoms with Gasteiger partial charge in [0.25, 0.3) is 0 Å². The molecular formula is C16H17Cl3. The highest BCUT2D eigenvalue weighted by Crippen LogP contribution is 2.20. The first-order valence-corrected chi connectivity index (χ1v) is 7.38. The fourth-order valence-electron chi connectivity index (χ4n) is 1.53. The van der Waals surface area contributed by atoms with Gasteiger partial charge in [-0.05, 0) is 48.2 Å². The van der Waals surface area contributed by atoms with E-state index in [2.05, 4.69) is 13.8 Å². The molecule has 0 saturated heterocycles. The lowest BCUT2D eigenvalue weighted by atomic mass is 10.2. The zero-order chi connectivity index (χ0) is 14.3. The van der Waals surface area contributed by atoms with E-state index in [1.165, 1.54) is 5.56 Å². The van der Waals surface area contributed by atoms with Crippen LogP contribution in [0, 0.1) is 0 Å². The highest BCUT2D eigenvalue weighted by atomic mass is 35.5. The standard InChI is InChI=1S/C8H8Cl2.C8H9Cl/c1-2-6-3-4-7(9)5-8(6)10;1-2-7-3-5-8(9)6-4-7/h3-5H,2H2,1H3;3-6H,2H2,1H3. The number of hydrogen-bond donors (Lipinski definition) is 0. The molecule has 2 aromatic carbocycles. The van der Waals surface area contributed by atoms with Crippen LogP contribution in [0.3, 0.4) is 0 Å². The zero-order valence-corrected chi connectivity index (χ0v) is 13.4. The van der Waals surface area contributed by atoms with Crippen LogP contribution >= 0.6 is 34.8 Å². The molecule has 0 amide bonds. The first-order chi connectivity index (χ1) is 9.06. The quantitative estimate of drug-likeness (QED) is 0.596. The SMILES string of the molecule is CCc1ccc(Cl)cc1.CCc1ccc(Cl)cc1Cl. The van der Waals surface area contributed by atoms with Gasteiger partial charge in [0.1, 0.15) is 0 Å². The molecule has 0 saturated carbocycles. The molecule has 0 fully saturated rings. The molecule has 0 N–H and O–H groups in total. The van der Waals surface area contributed by atoms with E-state index >= 15 is 0 Å². The minimum atomic E-state index is 0.696. The number of benzene rings is 2. The Morgan fingerprint density at radius 1 is 0.737 bits per heavy atom. The summed E-state index contributed by atoms with van der Waals surface area (Å²) in [6.07, 6.45) is 2.03. The van der Waals surface area contributed by atoms with Crippen molar-refractivity contribution in [2.75, 3.05) is 0 Å². The van der Waals surface area contributed by atoms with Crippen molar-refractivity contribution in [3.8, 4) is 0 Å². The van der Waals surface area contributed by atoms with E-state index in [0.29, 0.717) is 5.02 Å². The van der Waals surface area contributed by atoms with Crippen molar-refractivity contribution in [2.45, 2.75) is 26.7 Å². The van der Waals surface area contributed by atoms with Crippen LogP contribution in [-0.2, 0) is 12.8 Å². The minimum absolute atomic E-state index is 0.696. The lowest BCUT2D eigenvalue weighted by Crippen LogP contribution is -1.79. The highest BCUT2D eigenvalue weighted by molar-refractivity contribution is 6.35. The predicted molar refractivity (Wildman–Crippen MR) is 86.7 cm³/mol. The van der Waals surface area contributed by atoms with Crippen molar-refractivity contribution in [1.82, 2.24) is 0 Å². The van der Waals surface area contributed by atoms with Crippen molar-refractivity contribution in [3.63, 3.8) is 0 Å². The van der Waals surface area contributed by atoms with Gasteiger partial charge in [-0.1, -0.05) is 66.8 Å². The summed E-state index contributed by atoms with van der Waals surface area (Å²) in [6.45, 7) is 4.19. The summed E-state index contributed by atoms with van der Waals surface area (Å²) >= 11 is 17.2. The Hall–Kier alpha value is -0.690. The largest absolute Gasteiger partial charge is 0.0843 e.